The van der Waals surface area contributed by atoms with E-state index in [0.717, 1.165) is 12.8 Å². The summed E-state index contributed by atoms with van der Waals surface area (Å²) in [6.07, 6.45) is 3.60. The summed E-state index contributed by atoms with van der Waals surface area (Å²) < 4.78 is 27.9. The van der Waals surface area contributed by atoms with Crippen LogP contribution in [0, 0.1) is 0 Å². The Morgan fingerprint density at radius 2 is 2.13 bits per heavy atom. The molecule has 2 aliphatic rings. The number of rotatable bonds is 4. The van der Waals surface area contributed by atoms with Crippen LogP contribution in [-0.4, -0.2) is 78.5 Å². The van der Waals surface area contributed by atoms with E-state index in [2.05, 4.69) is 10.1 Å². The Bertz CT molecular complexity index is 638. The Balaban J connectivity index is 1.48. The molecule has 2 saturated heterocycles. The first kappa shape index (κ1) is 16.4. The first-order valence-electron chi connectivity index (χ1n) is 7.89. The first-order chi connectivity index (χ1) is 10.9. The molecule has 0 saturated carbocycles. The molecule has 0 N–H and O–H groups in total. The van der Waals surface area contributed by atoms with Crippen LogP contribution in [0.15, 0.2) is 10.9 Å². The molecular formula is C14H22N4O4S. The number of nitrogens with zero attached hydrogens (tertiary/aromatic N) is 4. The molecular weight excluding hydrogens is 320 g/mol. The minimum absolute atomic E-state index is 0.0409. The maximum absolute atomic E-state index is 12.4. The van der Waals surface area contributed by atoms with Crippen molar-refractivity contribution in [1.82, 2.24) is 19.9 Å². The second-order valence-electron chi connectivity index (χ2n) is 6.42. The molecule has 9 heteroatoms. The van der Waals surface area contributed by atoms with Crippen molar-refractivity contribution in [3.05, 3.63) is 12.2 Å². The number of piperidine rings is 1. The Kier molecular flexibility index (Phi) is 4.67. The van der Waals surface area contributed by atoms with Gasteiger partial charge >= 0.3 is 0 Å². The summed E-state index contributed by atoms with van der Waals surface area (Å²) in [5.74, 6) is 1.41. The van der Waals surface area contributed by atoms with Crippen LogP contribution in [0.5, 0.6) is 0 Å². The number of hydrogen-bond acceptors (Lipinski definition) is 7. The Labute approximate surface area is 135 Å². The Morgan fingerprint density at radius 3 is 2.70 bits per heavy atom. The van der Waals surface area contributed by atoms with E-state index in [4.69, 9.17) is 4.52 Å². The Hall–Kier alpha value is -1.48. The van der Waals surface area contributed by atoms with Crippen LogP contribution in [0.4, 0.5) is 0 Å². The standard InChI is InChI=1S/C14H22N4O4S/c1-17(12-4-7-23(20,21)9-12)8-13(19)18-5-2-11(3-6-18)14-15-10-22-16-14/h10-12H,2-9H2,1H3/t12-/m0/s1. The number of carbonyl (C=O) groups is 1. The van der Waals surface area contributed by atoms with Crippen molar-refractivity contribution in [2.45, 2.75) is 31.2 Å². The highest BCUT2D eigenvalue weighted by Gasteiger charge is 2.32. The van der Waals surface area contributed by atoms with Crippen LogP contribution in [0.1, 0.15) is 31.0 Å². The lowest BCUT2D eigenvalue weighted by Gasteiger charge is -2.32. The molecule has 1 atom stereocenters. The Morgan fingerprint density at radius 1 is 1.39 bits per heavy atom. The van der Waals surface area contributed by atoms with Crippen molar-refractivity contribution in [2.75, 3.05) is 38.2 Å². The van der Waals surface area contributed by atoms with E-state index < -0.39 is 9.84 Å². The molecule has 0 unspecified atom stereocenters. The fraction of sp³-hybridized carbons (Fsp3) is 0.786. The second kappa shape index (κ2) is 6.56. The van der Waals surface area contributed by atoms with E-state index >= 15 is 0 Å². The van der Waals surface area contributed by atoms with Crippen LogP contribution in [-0.2, 0) is 14.6 Å². The van der Waals surface area contributed by atoms with Gasteiger partial charge in [0.25, 0.3) is 0 Å². The molecule has 1 aromatic heterocycles. The second-order valence-corrected chi connectivity index (χ2v) is 8.65. The lowest BCUT2D eigenvalue weighted by atomic mass is 9.96. The summed E-state index contributed by atoms with van der Waals surface area (Å²) >= 11 is 0. The zero-order chi connectivity index (χ0) is 16.4. The molecule has 1 amide bonds. The monoisotopic (exact) mass is 342 g/mol. The average Bonchev–Trinajstić information content (AvgIpc) is 3.16. The number of aromatic nitrogens is 2. The van der Waals surface area contributed by atoms with E-state index in [-0.39, 0.29) is 35.9 Å². The highest BCUT2D eigenvalue weighted by molar-refractivity contribution is 7.91. The molecule has 23 heavy (non-hydrogen) atoms. The summed E-state index contributed by atoms with van der Waals surface area (Å²) in [7, 11) is -1.09. The number of hydrogen-bond donors (Lipinski definition) is 0. The molecule has 0 aliphatic carbocycles. The minimum atomic E-state index is -2.92. The molecule has 8 nitrogen and oxygen atoms in total. The van der Waals surface area contributed by atoms with Crippen LogP contribution in [0.25, 0.3) is 0 Å². The molecule has 2 fully saturated rings. The van der Waals surface area contributed by atoms with Gasteiger partial charge in [0, 0.05) is 25.0 Å². The SMILES string of the molecule is CN(CC(=O)N1CCC(c2ncon2)CC1)[C@H]1CCS(=O)(=O)C1. The largest absolute Gasteiger partial charge is 0.343 e. The van der Waals surface area contributed by atoms with Crippen LogP contribution < -0.4 is 0 Å². The summed E-state index contributed by atoms with van der Waals surface area (Å²) in [6, 6.07) is -0.0409. The fourth-order valence-corrected chi connectivity index (χ4v) is 5.12. The third-order valence-electron chi connectivity index (χ3n) is 4.81. The predicted octanol–water partition coefficient (Wildman–Crippen LogP) is -0.105. The van der Waals surface area contributed by atoms with Gasteiger partial charge in [-0.05, 0) is 26.3 Å². The lowest BCUT2D eigenvalue weighted by Crippen LogP contribution is -2.45. The number of carbonyl (C=O) groups excluding carboxylic acids is 1. The molecule has 0 bridgehead atoms. The van der Waals surface area contributed by atoms with Gasteiger partial charge in [0.05, 0.1) is 18.1 Å². The molecule has 0 spiro atoms. The molecule has 128 valence electrons. The van der Waals surface area contributed by atoms with Gasteiger partial charge in [-0.1, -0.05) is 5.16 Å². The van der Waals surface area contributed by atoms with Gasteiger partial charge in [-0.25, -0.2) is 8.42 Å². The topological polar surface area (TPSA) is 96.6 Å². The molecule has 0 aromatic carbocycles. The van der Waals surface area contributed by atoms with Crippen molar-refractivity contribution >= 4 is 15.7 Å². The number of likely N-dealkylation sites (tertiary alicyclic amines) is 1. The highest BCUT2D eigenvalue weighted by Crippen LogP contribution is 2.25. The van der Waals surface area contributed by atoms with Crippen LogP contribution in [0.3, 0.4) is 0 Å². The number of amides is 1. The molecule has 2 aliphatic heterocycles. The van der Waals surface area contributed by atoms with Gasteiger partial charge in [-0.3, -0.25) is 9.69 Å². The van der Waals surface area contributed by atoms with Gasteiger partial charge in [-0.2, -0.15) is 4.98 Å². The van der Waals surface area contributed by atoms with Gasteiger partial charge in [0.1, 0.15) is 0 Å². The van der Waals surface area contributed by atoms with Crippen LogP contribution in [0.2, 0.25) is 0 Å². The first-order valence-corrected chi connectivity index (χ1v) is 9.71. The summed E-state index contributed by atoms with van der Waals surface area (Å²) in [6.45, 7) is 1.62. The summed E-state index contributed by atoms with van der Waals surface area (Å²) in [4.78, 5) is 20.2. The zero-order valence-electron chi connectivity index (χ0n) is 13.2. The maximum atomic E-state index is 12.4. The average molecular weight is 342 g/mol. The zero-order valence-corrected chi connectivity index (χ0v) is 14.0. The normalized spacial score (nSPS) is 25.1. The van der Waals surface area contributed by atoms with E-state index in [1.165, 1.54) is 6.39 Å². The lowest BCUT2D eigenvalue weighted by molar-refractivity contribution is -0.133. The highest BCUT2D eigenvalue weighted by atomic mass is 32.2. The van der Waals surface area contributed by atoms with E-state index in [0.29, 0.717) is 25.3 Å². The smallest absolute Gasteiger partial charge is 0.236 e. The maximum Gasteiger partial charge on any atom is 0.236 e. The third-order valence-corrected chi connectivity index (χ3v) is 6.56. The van der Waals surface area contributed by atoms with Crippen molar-refractivity contribution in [1.29, 1.82) is 0 Å². The van der Waals surface area contributed by atoms with Gasteiger partial charge in [-0.15, -0.1) is 0 Å². The number of sulfone groups is 1. The van der Waals surface area contributed by atoms with Gasteiger partial charge in [0.2, 0.25) is 12.3 Å². The van der Waals surface area contributed by atoms with Crippen molar-refractivity contribution in [3.63, 3.8) is 0 Å². The fourth-order valence-electron chi connectivity index (χ4n) is 3.31. The van der Waals surface area contributed by atoms with E-state index in [9.17, 15) is 13.2 Å². The molecule has 3 heterocycles. The number of likely N-dealkylation sites (N-methyl/N-ethyl adjacent to an activating group) is 1. The van der Waals surface area contributed by atoms with Gasteiger partial charge in [0.15, 0.2) is 15.7 Å². The molecule has 1 aromatic rings. The molecule has 0 radical (unpaired) electrons. The van der Waals surface area contributed by atoms with Crippen molar-refractivity contribution < 1.29 is 17.7 Å². The summed E-state index contributed by atoms with van der Waals surface area (Å²) in [5.41, 5.74) is 0. The quantitative estimate of drug-likeness (QED) is 0.753. The van der Waals surface area contributed by atoms with Crippen molar-refractivity contribution in [2.24, 2.45) is 0 Å². The molecule has 3 rings (SSSR count). The third kappa shape index (κ3) is 3.89. The van der Waals surface area contributed by atoms with Crippen LogP contribution >= 0.6 is 0 Å². The minimum Gasteiger partial charge on any atom is -0.343 e. The van der Waals surface area contributed by atoms with E-state index in [1.54, 1.807) is 0 Å². The van der Waals surface area contributed by atoms with E-state index in [1.807, 2.05) is 16.8 Å². The van der Waals surface area contributed by atoms with Crippen molar-refractivity contribution in [3.8, 4) is 0 Å². The summed E-state index contributed by atoms with van der Waals surface area (Å²) in [5, 5.41) is 3.87. The predicted molar refractivity (Wildman–Crippen MR) is 82.5 cm³/mol. The van der Waals surface area contributed by atoms with Gasteiger partial charge < -0.3 is 9.42 Å².